The molecule has 1 nitrogen and oxygen atoms in total. The van der Waals surface area contributed by atoms with Crippen molar-refractivity contribution in [2.45, 2.75) is 26.1 Å². The van der Waals surface area contributed by atoms with Crippen LogP contribution in [0.3, 0.4) is 0 Å². The SMILES string of the molecule is Cc1cc(C(F)(F)F)ccc1C(O)c1cccc(C)c1F. The maximum atomic E-state index is 14.0. The van der Waals surface area contributed by atoms with E-state index in [0.717, 1.165) is 12.1 Å². The Morgan fingerprint density at radius 2 is 1.62 bits per heavy atom. The maximum absolute atomic E-state index is 14.0. The molecule has 0 heterocycles. The minimum absolute atomic E-state index is 0.0536. The molecule has 0 saturated heterocycles. The topological polar surface area (TPSA) is 20.2 Å². The number of benzene rings is 2. The fourth-order valence-corrected chi connectivity index (χ4v) is 2.21. The summed E-state index contributed by atoms with van der Waals surface area (Å²) in [5.74, 6) is -0.552. The van der Waals surface area contributed by atoms with E-state index in [-0.39, 0.29) is 16.7 Å². The highest BCUT2D eigenvalue weighted by molar-refractivity contribution is 5.40. The van der Waals surface area contributed by atoms with Gasteiger partial charge in [0.15, 0.2) is 0 Å². The van der Waals surface area contributed by atoms with Gasteiger partial charge in [0.05, 0.1) is 5.56 Å². The predicted molar refractivity (Wildman–Crippen MR) is 71.4 cm³/mol. The molecule has 2 rings (SSSR count). The van der Waals surface area contributed by atoms with Crippen LogP contribution in [-0.2, 0) is 6.18 Å². The van der Waals surface area contributed by atoms with Crippen molar-refractivity contribution in [3.63, 3.8) is 0 Å². The van der Waals surface area contributed by atoms with Gasteiger partial charge in [0.25, 0.3) is 0 Å². The van der Waals surface area contributed by atoms with E-state index in [1.165, 1.54) is 19.1 Å². The summed E-state index contributed by atoms with van der Waals surface area (Å²) >= 11 is 0. The first-order valence-electron chi connectivity index (χ1n) is 6.32. The van der Waals surface area contributed by atoms with Crippen LogP contribution in [0.15, 0.2) is 36.4 Å². The van der Waals surface area contributed by atoms with Crippen molar-refractivity contribution in [2.75, 3.05) is 0 Å². The third-order valence-electron chi connectivity index (χ3n) is 3.41. The van der Waals surface area contributed by atoms with Crippen LogP contribution in [0.1, 0.15) is 33.9 Å². The summed E-state index contributed by atoms with van der Waals surface area (Å²) in [5, 5.41) is 10.3. The lowest BCUT2D eigenvalue weighted by Crippen LogP contribution is -2.09. The number of aliphatic hydroxyl groups excluding tert-OH is 1. The zero-order valence-electron chi connectivity index (χ0n) is 11.5. The Balaban J connectivity index is 2.45. The first kappa shape index (κ1) is 15.5. The van der Waals surface area contributed by atoms with E-state index >= 15 is 0 Å². The van der Waals surface area contributed by atoms with E-state index in [2.05, 4.69) is 0 Å². The summed E-state index contributed by atoms with van der Waals surface area (Å²) < 4.78 is 51.9. The second kappa shape index (κ2) is 5.48. The highest BCUT2D eigenvalue weighted by Gasteiger charge is 2.31. The van der Waals surface area contributed by atoms with Crippen molar-refractivity contribution in [2.24, 2.45) is 0 Å². The van der Waals surface area contributed by atoms with Crippen LogP contribution in [0.25, 0.3) is 0 Å². The zero-order chi connectivity index (χ0) is 15.8. The van der Waals surface area contributed by atoms with E-state index < -0.39 is 23.7 Å². The number of aryl methyl sites for hydroxylation is 2. The molecule has 0 spiro atoms. The Kier molecular flexibility index (Phi) is 4.05. The zero-order valence-corrected chi connectivity index (χ0v) is 11.5. The highest BCUT2D eigenvalue weighted by Crippen LogP contribution is 2.33. The molecule has 1 N–H and O–H groups in total. The second-order valence-corrected chi connectivity index (χ2v) is 4.95. The molecule has 2 aromatic rings. The van der Waals surface area contributed by atoms with Gasteiger partial charge in [-0.05, 0) is 42.7 Å². The monoisotopic (exact) mass is 298 g/mol. The Bertz CT molecular complexity index is 662. The third-order valence-corrected chi connectivity index (χ3v) is 3.41. The van der Waals surface area contributed by atoms with Crippen molar-refractivity contribution >= 4 is 0 Å². The van der Waals surface area contributed by atoms with E-state index in [0.29, 0.717) is 5.56 Å². The van der Waals surface area contributed by atoms with Crippen LogP contribution in [0.4, 0.5) is 17.6 Å². The smallest absolute Gasteiger partial charge is 0.384 e. The fraction of sp³-hybridized carbons (Fsp3) is 0.250. The Morgan fingerprint density at radius 3 is 2.19 bits per heavy atom. The van der Waals surface area contributed by atoms with E-state index in [1.54, 1.807) is 19.1 Å². The lowest BCUT2D eigenvalue weighted by molar-refractivity contribution is -0.137. The van der Waals surface area contributed by atoms with Crippen LogP contribution in [0.2, 0.25) is 0 Å². The summed E-state index contributed by atoms with van der Waals surface area (Å²) in [6.45, 7) is 3.02. The van der Waals surface area contributed by atoms with Gasteiger partial charge < -0.3 is 5.11 Å². The highest BCUT2D eigenvalue weighted by atomic mass is 19.4. The Morgan fingerprint density at radius 1 is 0.952 bits per heavy atom. The van der Waals surface area contributed by atoms with Gasteiger partial charge in [-0.3, -0.25) is 0 Å². The van der Waals surface area contributed by atoms with E-state index in [4.69, 9.17) is 0 Å². The summed E-state index contributed by atoms with van der Waals surface area (Å²) in [6.07, 6.45) is -5.74. The number of rotatable bonds is 2. The second-order valence-electron chi connectivity index (χ2n) is 4.95. The lowest BCUT2D eigenvalue weighted by atomic mass is 9.94. The molecule has 0 fully saturated rings. The van der Waals surface area contributed by atoms with Crippen LogP contribution >= 0.6 is 0 Å². The molecule has 0 aliphatic rings. The molecule has 0 aliphatic heterocycles. The molecule has 2 aromatic carbocycles. The summed E-state index contributed by atoms with van der Waals surface area (Å²) in [4.78, 5) is 0. The number of hydrogen-bond donors (Lipinski definition) is 1. The van der Waals surface area contributed by atoms with Gasteiger partial charge in [0, 0.05) is 5.56 Å². The first-order valence-corrected chi connectivity index (χ1v) is 6.32. The average molecular weight is 298 g/mol. The molecule has 1 atom stereocenters. The average Bonchev–Trinajstić information content (AvgIpc) is 2.40. The standard InChI is InChI=1S/C16H14F4O/c1-9-4-3-5-13(14(9)17)15(21)12-7-6-11(8-10(12)2)16(18,19)20/h3-8,15,21H,1-2H3. The molecular formula is C16H14F4O. The van der Waals surface area contributed by atoms with Crippen LogP contribution in [0.5, 0.6) is 0 Å². The van der Waals surface area contributed by atoms with Crippen molar-refractivity contribution in [1.29, 1.82) is 0 Å². The molecule has 0 amide bonds. The van der Waals surface area contributed by atoms with Gasteiger partial charge in [-0.15, -0.1) is 0 Å². The van der Waals surface area contributed by atoms with E-state index in [9.17, 15) is 22.7 Å². The van der Waals surface area contributed by atoms with Gasteiger partial charge in [0.1, 0.15) is 11.9 Å². The fourth-order valence-electron chi connectivity index (χ4n) is 2.21. The Labute approximate surface area is 119 Å². The van der Waals surface area contributed by atoms with E-state index in [1.807, 2.05) is 0 Å². The maximum Gasteiger partial charge on any atom is 0.416 e. The first-order chi connectivity index (χ1) is 9.71. The van der Waals surface area contributed by atoms with Crippen molar-refractivity contribution in [3.8, 4) is 0 Å². The lowest BCUT2D eigenvalue weighted by Gasteiger charge is -2.17. The molecular weight excluding hydrogens is 284 g/mol. The molecule has 112 valence electrons. The predicted octanol–water partition coefficient (Wildman–Crippen LogP) is 4.54. The molecule has 0 aromatic heterocycles. The summed E-state index contributed by atoms with van der Waals surface area (Å²) in [6, 6.07) is 7.60. The molecule has 21 heavy (non-hydrogen) atoms. The van der Waals surface area contributed by atoms with Gasteiger partial charge in [-0.25, -0.2) is 4.39 Å². The third kappa shape index (κ3) is 3.08. The molecule has 0 bridgehead atoms. The van der Waals surface area contributed by atoms with Crippen molar-refractivity contribution < 1.29 is 22.7 Å². The summed E-state index contributed by atoms with van der Waals surface area (Å²) in [7, 11) is 0. The summed E-state index contributed by atoms with van der Waals surface area (Å²) in [5.41, 5.74) is 0.153. The largest absolute Gasteiger partial charge is 0.416 e. The molecule has 0 saturated carbocycles. The van der Waals surface area contributed by atoms with Gasteiger partial charge >= 0.3 is 6.18 Å². The van der Waals surface area contributed by atoms with Crippen molar-refractivity contribution in [1.82, 2.24) is 0 Å². The van der Waals surface area contributed by atoms with Gasteiger partial charge in [0.2, 0.25) is 0 Å². The van der Waals surface area contributed by atoms with Crippen molar-refractivity contribution in [3.05, 3.63) is 70.0 Å². The molecule has 1 unspecified atom stereocenters. The number of aliphatic hydroxyl groups is 1. The number of halogens is 4. The quantitative estimate of drug-likeness (QED) is 0.807. The minimum atomic E-state index is -4.44. The van der Waals surface area contributed by atoms with Crippen LogP contribution in [0, 0.1) is 19.7 Å². The molecule has 0 aliphatic carbocycles. The normalized spacial score (nSPS) is 13.3. The Hall–Kier alpha value is -1.88. The number of alkyl halides is 3. The number of hydrogen-bond acceptors (Lipinski definition) is 1. The molecule has 0 radical (unpaired) electrons. The van der Waals surface area contributed by atoms with Crippen LogP contribution in [-0.4, -0.2) is 5.11 Å². The van der Waals surface area contributed by atoms with Gasteiger partial charge in [-0.2, -0.15) is 13.2 Å². The van der Waals surface area contributed by atoms with Crippen LogP contribution < -0.4 is 0 Å². The minimum Gasteiger partial charge on any atom is -0.384 e. The molecule has 5 heteroatoms. The van der Waals surface area contributed by atoms with Gasteiger partial charge in [-0.1, -0.05) is 24.3 Å².